The molecular formula is C7H9BrOS. The van der Waals surface area contributed by atoms with E-state index < -0.39 is 0 Å². The molecule has 1 heterocycles. The zero-order valence-electron chi connectivity index (χ0n) is 5.51. The van der Waals surface area contributed by atoms with Crippen LogP contribution in [0.3, 0.4) is 0 Å². The Morgan fingerprint density at radius 2 is 2.40 bits per heavy atom. The van der Waals surface area contributed by atoms with Gasteiger partial charge in [-0.25, -0.2) is 0 Å². The van der Waals surface area contributed by atoms with E-state index >= 15 is 0 Å². The Kier molecular flexibility index (Phi) is 3.39. The summed E-state index contributed by atoms with van der Waals surface area (Å²) >= 11 is 5.07. The van der Waals surface area contributed by atoms with E-state index in [9.17, 15) is 0 Å². The summed E-state index contributed by atoms with van der Waals surface area (Å²) in [5.41, 5.74) is 1.30. The second kappa shape index (κ2) is 4.11. The predicted molar refractivity (Wildman–Crippen MR) is 47.7 cm³/mol. The summed E-state index contributed by atoms with van der Waals surface area (Å²) in [6, 6.07) is 2.12. The molecule has 0 radical (unpaired) electrons. The smallest absolute Gasteiger partial charge is 0.0479 e. The molecule has 0 aliphatic carbocycles. The Labute approximate surface area is 72.8 Å². The first-order valence-electron chi connectivity index (χ1n) is 3.10. The topological polar surface area (TPSA) is 20.2 Å². The van der Waals surface area contributed by atoms with Gasteiger partial charge < -0.3 is 5.11 Å². The molecule has 56 valence electrons. The second-order valence-electron chi connectivity index (χ2n) is 2.03. The lowest BCUT2D eigenvalue weighted by atomic mass is 10.3. The van der Waals surface area contributed by atoms with Gasteiger partial charge >= 0.3 is 0 Å². The van der Waals surface area contributed by atoms with Crippen molar-refractivity contribution in [2.45, 2.75) is 11.8 Å². The van der Waals surface area contributed by atoms with Crippen molar-refractivity contribution in [3.63, 3.8) is 0 Å². The molecular weight excluding hydrogens is 212 g/mol. The first kappa shape index (κ1) is 8.24. The van der Waals surface area contributed by atoms with E-state index in [0.717, 1.165) is 11.8 Å². The molecule has 0 bridgehead atoms. The highest BCUT2D eigenvalue weighted by Gasteiger charge is 1.96. The SMILES string of the molecule is OCCc1cc(CBr)cs1. The molecule has 0 unspecified atom stereocenters. The molecule has 1 aromatic rings. The molecule has 0 amide bonds. The van der Waals surface area contributed by atoms with Crippen LogP contribution in [-0.4, -0.2) is 11.7 Å². The fraction of sp³-hybridized carbons (Fsp3) is 0.429. The summed E-state index contributed by atoms with van der Waals surface area (Å²) in [7, 11) is 0. The number of hydrogen-bond donors (Lipinski definition) is 1. The Balaban J connectivity index is 2.59. The van der Waals surface area contributed by atoms with E-state index in [4.69, 9.17) is 5.11 Å². The van der Waals surface area contributed by atoms with Gasteiger partial charge in [0.2, 0.25) is 0 Å². The summed E-state index contributed by atoms with van der Waals surface area (Å²) in [5, 5.41) is 11.6. The van der Waals surface area contributed by atoms with Crippen molar-refractivity contribution in [3.8, 4) is 0 Å². The molecule has 3 heteroatoms. The highest BCUT2D eigenvalue weighted by molar-refractivity contribution is 9.08. The standard InChI is InChI=1S/C7H9BrOS/c8-4-6-3-7(1-2-9)10-5-6/h3,5,9H,1-2,4H2. The van der Waals surface area contributed by atoms with Gasteiger partial charge in [0.25, 0.3) is 0 Å². The quantitative estimate of drug-likeness (QED) is 0.775. The third-order valence-corrected chi connectivity index (χ3v) is 2.91. The van der Waals surface area contributed by atoms with Crippen LogP contribution in [-0.2, 0) is 11.8 Å². The van der Waals surface area contributed by atoms with E-state index in [1.165, 1.54) is 10.4 Å². The number of aliphatic hydroxyl groups excluding tert-OH is 1. The third-order valence-electron chi connectivity index (χ3n) is 1.22. The second-order valence-corrected chi connectivity index (χ2v) is 3.59. The van der Waals surface area contributed by atoms with Crippen LogP contribution < -0.4 is 0 Å². The monoisotopic (exact) mass is 220 g/mol. The molecule has 10 heavy (non-hydrogen) atoms. The lowest BCUT2D eigenvalue weighted by Gasteiger charge is -1.87. The van der Waals surface area contributed by atoms with Crippen LogP contribution in [0.5, 0.6) is 0 Å². The van der Waals surface area contributed by atoms with Gasteiger partial charge in [0, 0.05) is 23.2 Å². The maximum Gasteiger partial charge on any atom is 0.0479 e. The van der Waals surface area contributed by atoms with E-state index in [2.05, 4.69) is 27.4 Å². The van der Waals surface area contributed by atoms with E-state index in [-0.39, 0.29) is 6.61 Å². The van der Waals surface area contributed by atoms with E-state index in [1.807, 2.05) is 0 Å². The lowest BCUT2D eigenvalue weighted by Crippen LogP contribution is -1.84. The first-order chi connectivity index (χ1) is 4.86. The van der Waals surface area contributed by atoms with Crippen LogP contribution in [0.15, 0.2) is 11.4 Å². The molecule has 0 atom stereocenters. The zero-order chi connectivity index (χ0) is 7.40. The molecule has 0 fully saturated rings. The van der Waals surface area contributed by atoms with Crippen LogP contribution >= 0.6 is 27.3 Å². The van der Waals surface area contributed by atoms with Gasteiger partial charge in [-0.05, 0) is 17.0 Å². The zero-order valence-corrected chi connectivity index (χ0v) is 7.91. The molecule has 1 aromatic heterocycles. The maximum atomic E-state index is 8.60. The normalized spacial score (nSPS) is 10.2. The molecule has 1 rings (SSSR count). The fourth-order valence-corrected chi connectivity index (χ4v) is 2.16. The number of aliphatic hydroxyl groups is 1. The number of halogens is 1. The van der Waals surface area contributed by atoms with Gasteiger partial charge in [-0.2, -0.15) is 0 Å². The molecule has 0 aliphatic heterocycles. The average molecular weight is 221 g/mol. The van der Waals surface area contributed by atoms with Crippen LogP contribution in [0.2, 0.25) is 0 Å². The Bertz CT molecular complexity index is 197. The molecule has 0 aromatic carbocycles. The third kappa shape index (κ3) is 2.08. The fourth-order valence-electron chi connectivity index (χ4n) is 0.738. The minimum atomic E-state index is 0.252. The minimum absolute atomic E-state index is 0.252. The summed E-state index contributed by atoms with van der Waals surface area (Å²) in [4.78, 5) is 1.26. The summed E-state index contributed by atoms with van der Waals surface area (Å²) in [5.74, 6) is 0. The number of rotatable bonds is 3. The Hall–Kier alpha value is 0.140. The van der Waals surface area contributed by atoms with E-state index in [1.54, 1.807) is 11.3 Å². The Morgan fingerprint density at radius 3 is 2.90 bits per heavy atom. The molecule has 0 spiro atoms. The van der Waals surface area contributed by atoms with Crippen LogP contribution in [0.25, 0.3) is 0 Å². The van der Waals surface area contributed by atoms with Gasteiger partial charge in [0.05, 0.1) is 0 Å². The molecule has 1 N–H and O–H groups in total. The molecule has 0 saturated carbocycles. The molecule has 0 aliphatic rings. The number of thiophene rings is 1. The van der Waals surface area contributed by atoms with Crippen molar-refractivity contribution in [1.82, 2.24) is 0 Å². The Morgan fingerprint density at radius 1 is 1.60 bits per heavy atom. The van der Waals surface area contributed by atoms with Gasteiger partial charge in [-0.1, -0.05) is 15.9 Å². The van der Waals surface area contributed by atoms with Gasteiger partial charge in [-0.3, -0.25) is 0 Å². The average Bonchev–Trinajstić information content (AvgIpc) is 2.37. The van der Waals surface area contributed by atoms with Crippen LogP contribution in [0, 0.1) is 0 Å². The van der Waals surface area contributed by atoms with Crippen LogP contribution in [0.4, 0.5) is 0 Å². The summed E-state index contributed by atoms with van der Waals surface area (Å²) in [6.07, 6.45) is 0.789. The van der Waals surface area contributed by atoms with E-state index in [0.29, 0.717) is 0 Å². The van der Waals surface area contributed by atoms with Crippen molar-refractivity contribution < 1.29 is 5.11 Å². The number of alkyl halides is 1. The summed E-state index contributed by atoms with van der Waals surface area (Å²) < 4.78 is 0. The van der Waals surface area contributed by atoms with Crippen molar-refractivity contribution in [2.75, 3.05) is 6.61 Å². The van der Waals surface area contributed by atoms with Gasteiger partial charge in [0.15, 0.2) is 0 Å². The van der Waals surface area contributed by atoms with Crippen molar-refractivity contribution >= 4 is 27.3 Å². The lowest BCUT2D eigenvalue weighted by molar-refractivity contribution is 0.300. The van der Waals surface area contributed by atoms with Crippen molar-refractivity contribution in [3.05, 3.63) is 21.9 Å². The first-order valence-corrected chi connectivity index (χ1v) is 5.10. The summed E-state index contributed by atoms with van der Waals surface area (Å²) in [6.45, 7) is 0.252. The largest absolute Gasteiger partial charge is 0.396 e. The number of hydrogen-bond acceptors (Lipinski definition) is 2. The van der Waals surface area contributed by atoms with Gasteiger partial charge in [0.1, 0.15) is 0 Å². The molecule has 1 nitrogen and oxygen atoms in total. The van der Waals surface area contributed by atoms with Gasteiger partial charge in [-0.15, -0.1) is 11.3 Å². The predicted octanol–water partition coefficient (Wildman–Crippen LogP) is 2.18. The maximum absolute atomic E-state index is 8.60. The molecule has 0 saturated heterocycles. The van der Waals surface area contributed by atoms with Crippen LogP contribution in [0.1, 0.15) is 10.4 Å². The minimum Gasteiger partial charge on any atom is -0.396 e. The van der Waals surface area contributed by atoms with Crippen molar-refractivity contribution in [1.29, 1.82) is 0 Å². The van der Waals surface area contributed by atoms with Crippen molar-refractivity contribution in [2.24, 2.45) is 0 Å². The highest BCUT2D eigenvalue weighted by Crippen LogP contribution is 2.16. The highest BCUT2D eigenvalue weighted by atomic mass is 79.9.